The van der Waals surface area contributed by atoms with Crippen molar-refractivity contribution in [3.05, 3.63) is 66.2 Å². The first-order chi connectivity index (χ1) is 12.2. The molecule has 0 aromatic heterocycles. The zero-order valence-electron chi connectivity index (χ0n) is 14.0. The Labute approximate surface area is 146 Å². The van der Waals surface area contributed by atoms with Crippen LogP contribution >= 0.6 is 0 Å². The van der Waals surface area contributed by atoms with Crippen LogP contribution in [-0.4, -0.2) is 31.5 Å². The minimum absolute atomic E-state index is 0.00871. The number of carbonyl (C=O) groups is 2. The number of carbonyl (C=O) groups excluding carboxylic acids is 2. The average molecular weight is 336 g/mol. The maximum absolute atomic E-state index is 12.3. The number of rotatable bonds is 5. The fourth-order valence-corrected chi connectivity index (χ4v) is 2.82. The van der Waals surface area contributed by atoms with Crippen LogP contribution in [0.25, 0.3) is 6.08 Å². The monoisotopic (exact) mass is 336 g/mol. The molecule has 1 saturated heterocycles. The largest absolute Gasteiger partial charge is 0.497 e. The summed E-state index contributed by atoms with van der Waals surface area (Å²) in [5.41, 5.74) is 1.74. The van der Waals surface area contributed by atoms with E-state index in [4.69, 9.17) is 4.74 Å². The lowest BCUT2D eigenvalue weighted by Gasteiger charge is -2.17. The lowest BCUT2D eigenvalue weighted by molar-refractivity contribution is -0.117. The summed E-state index contributed by atoms with van der Waals surface area (Å²) in [5, 5.41) is 2.89. The zero-order valence-corrected chi connectivity index (χ0v) is 14.0. The van der Waals surface area contributed by atoms with Crippen molar-refractivity contribution < 1.29 is 14.3 Å². The maximum atomic E-state index is 12.3. The molecule has 25 heavy (non-hydrogen) atoms. The number of hydrogen-bond donors (Lipinski definition) is 1. The number of anilines is 1. The molecule has 1 N–H and O–H groups in total. The molecule has 1 unspecified atom stereocenters. The van der Waals surface area contributed by atoms with E-state index in [0.717, 1.165) is 11.3 Å². The Kier molecular flexibility index (Phi) is 5.14. The quantitative estimate of drug-likeness (QED) is 0.854. The van der Waals surface area contributed by atoms with Crippen LogP contribution in [-0.2, 0) is 9.59 Å². The minimum Gasteiger partial charge on any atom is -0.497 e. The Morgan fingerprint density at radius 2 is 2.00 bits per heavy atom. The second-order valence-electron chi connectivity index (χ2n) is 5.86. The van der Waals surface area contributed by atoms with Gasteiger partial charge >= 0.3 is 0 Å². The topological polar surface area (TPSA) is 58.6 Å². The van der Waals surface area contributed by atoms with Gasteiger partial charge in [0.2, 0.25) is 11.8 Å². The van der Waals surface area contributed by atoms with Crippen molar-refractivity contribution in [2.24, 2.45) is 0 Å². The third kappa shape index (κ3) is 4.26. The lowest BCUT2D eigenvalue weighted by atomic mass is 10.2. The van der Waals surface area contributed by atoms with Crippen LogP contribution in [0, 0.1) is 0 Å². The van der Waals surface area contributed by atoms with Gasteiger partial charge in [0, 0.05) is 30.8 Å². The summed E-state index contributed by atoms with van der Waals surface area (Å²) >= 11 is 0. The van der Waals surface area contributed by atoms with Crippen molar-refractivity contribution in [2.75, 3.05) is 18.6 Å². The fourth-order valence-electron chi connectivity index (χ4n) is 2.82. The number of amides is 2. The van der Waals surface area contributed by atoms with Crippen molar-refractivity contribution in [1.82, 2.24) is 5.32 Å². The van der Waals surface area contributed by atoms with E-state index in [9.17, 15) is 9.59 Å². The Bertz CT molecular complexity index is 787. The van der Waals surface area contributed by atoms with Crippen molar-refractivity contribution >= 4 is 23.6 Å². The van der Waals surface area contributed by atoms with Crippen LogP contribution in [0.15, 0.2) is 60.7 Å². The van der Waals surface area contributed by atoms with Gasteiger partial charge in [-0.15, -0.1) is 0 Å². The summed E-state index contributed by atoms with van der Waals surface area (Å²) in [7, 11) is 1.59. The standard InChI is InChI=1S/C20H20N2O3/c1-25-18-9-5-8-17(13-18)22-14-16(12-20(22)24)21-19(23)11-10-15-6-3-2-4-7-15/h2-11,13,16H,12,14H2,1H3,(H,21,23)/b11-10+. The number of nitrogens with zero attached hydrogens (tertiary/aromatic N) is 1. The summed E-state index contributed by atoms with van der Waals surface area (Å²) in [6.45, 7) is 0.455. The normalized spacial score (nSPS) is 17.1. The molecule has 2 aromatic rings. The van der Waals surface area contributed by atoms with Crippen LogP contribution < -0.4 is 15.0 Å². The van der Waals surface area contributed by atoms with Gasteiger partial charge in [0.1, 0.15) is 5.75 Å². The van der Waals surface area contributed by atoms with Crippen LogP contribution in [0.5, 0.6) is 5.75 Å². The predicted octanol–water partition coefficient (Wildman–Crippen LogP) is 2.63. The van der Waals surface area contributed by atoms with Crippen molar-refractivity contribution in [3.63, 3.8) is 0 Å². The fraction of sp³-hybridized carbons (Fsp3) is 0.200. The van der Waals surface area contributed by atoms with Gasteiger partial charge in [0.05, 0.1) is 13.2 Å². The van der Waals surface area contributed by atoms with Gasteiger partial charge in [-0.1, -0.05) is 36.4 Å². The Balaban J connectivity index is 1.60. The molecule has 1 fully saturated rings. The van der Waals surface area contributed by atoms with Gasteiger partial charge in [-0.3, -0.25) is 9.59 Å². The molecule has 1 atom stereocenters. The summed E-state index contributed by atoms with van der Waals surface area (Å²) in [6.07, 6.45) is 3.54. The van der Waals surface area contributed by atoms with Crippen molar-refractivity contribution in [2.45, 2.75) is 12.5 Å². The maximum Gasteiger partial charge on any atom is 0.244 e. The molecule has 0 saturated carbocycles. The number of ether oxygens (including phenoxy) is 1. The van der Waals surface area contributed by atoms with Gasteiger partial charge in [0.15, 0.2) is 0 Å². The lowest BCUT2D eigenvalue weighted by Crippen LogP contribution is -2.36. The second kappa shape index (κ2) is 7.66. The van der Waals surface area contributed by atoms with E-state index in [1.807, 2.05) is 54.6 Å². The summed E-state index contributed by atoms with van der Waals surface area (Å²) < 4.78 is 5.20. The minimum atomic E-state index is -0.202. The highest BCUT2D eigenvalue weighted by atomic mass is 16.5. The highest BCUT2D eigenvalue weighted by Gasteiger charge is 2.31. The molecule has 0 bridgehead atoms. The first-order valence-corrected chi connectivity index (χ1v) is 8.14. The van der Waals surface area contributed by atoms with E-state index in [2.05, 4.69) is 5.32 Å². The molecule has 0 radical (unpaired) electrons. The molecular formula is C20H20N2O3. The molecule has 1 aliphatic rings. The first-order valence-electron chi connectivity index (χ1n) is 8.14. The smallest absolute Gasteiger partial charge is 0.244 e. The first kappa shape index (κ1) is 16.8. The van der Waals surface area contributed by atoms with Crippen molar-refractivity contribution in [3.8, 4) is 5.75 Å². The molecule has 5 nitrogen and oxygen atoms in total. The van der Waals surface area contributed by atoms with E-state index in [1.165, 1.54) is 6.08 Å². The van der Waals surface area contributed by atoms with Gasteiger partial charge in [0.25, 0.3) is 0 Å². The Morgan fingerprint density at radius 3 is 2.76 bits per heavy atom. The molecule has 1 heterocycles. The molecular weight excluding hydrogens is 316 g/mol. The third-order valence-corrected chi connectivity index (χ3v) is 4.06. The highest BCUT2D eigenvalue weighted by molar-refractivity contribution is 5.98. The number of methoxy groups -OCH3 is 1. The van der Waals surface area contributed by atoms with Gasteiger partial charge < -0.3 is 15.0 Å². The Morgan fingerprint density at radius 1 is 1.20 bits per heavy atom. The van der Waals surface area contributed by atoms with E-state index >= 15 is 0 Å². The molecule has 128 valence electrons. The van der Waals surface area contributed by atoms with Crippen molar-refractivity contribution in [1.29, 1.82) is 0 Å². The molecule has 1 aliphatic heterocycles. The van der Waals surface area contributed by atoms with Crippen LogP contribution in [0.3, 0.4) is 0 Å². The predicted molar refractivity (Wildman–Crippen MR) is 97.4 cm³/mol. The summed E-state index contributed by atoms with van der Waals surface area (Å²) in [6, 6.07) is 16.8. The molecule has 0 aliphatic carbocycles. The second-order valence-corrected chi connectivity index (χ2v) is 5.86. The number of nitrogens with one attached hydrogen (secondary N) is 1. The average Bonchev–Trinajstić information content (AvgIpc) is 3.01. The van der Waals surface area contributed by atoms with Gasteiger partial charge in [-0.25, -0.2) is 0 Å². The Hall–Kier alpha value is -3.08. The summed E-state index contributed by atoms with van der Waals surface area (Å²) in [5.74, 6) is 0.489. The van der Waals surface area contributed by atoms with Gasteiger partial charge in [-0.2, -0.15) is 0 Å². The summed E-state index contributed by atoms with van der Waals surface area (Å²) in [4.78, 5) is 26.0. The molecule has 2 aromatic carbocycles. The third-order valence-electron chi connectivity index (χ3n) is 4.06. The van der Waals surface area contributed by atoms with E-state index in [-0.39, 0.29) is 17.9 Å². The molecule has 3 rings (SSSR count). The highest BCUT2D eigenvalue weighted by Crippen LogP contribution is 2.25. The SMILES string of the molecule is COc1cccc(N2CC(NC(=O)/C=C/c3ccccc3)CC2=O)c1. The van der Waals surface area contributed by atoms with E-state index in [0.29, 0.717) is 18.7 Å². The number of hydrogen-bond acceptors (Lipinski definition) is 3. The van der Waals surface area contributed by atoms with E-state index in [1.54, 1.807) is 18.1 Å². The molecule has 0 spiro atoms. The van der Waals surface area contributed by atoms with Crippen LogP contribution in [0.2, 0.25) is 0 Å². The van der Waals surface area contributed by atoms with E-state index < -0.39 is 0 Å². The van der Waals surface area contributed by atoms with Gasteiger partial charge in [-0.05, 0) is 23.8 Å². The molecule has 2 amide bonds. The number of benzene rings is 2. The van der Waals surface area contributed by atoms with Crippen LogP contribution in [0.4, 0.5) is 5.69 Å². The van der Waals surface area contributed by atoms with Crippen LogP contribution in [0.1, 0.15) is 12.0 Å². The zero-order chi connectivity index (χ0) is 17.6. The molecule has 5 heteroatoms.